The molecule has 1 aliphatic carbocycles. The second-order valence-electron chi connectivity index (χ2n) is 8.61. The van der Waals surface area contributed by atoms with Crippen molar-refractivity contribution < 1.29 is 24.1 Å². The van der Waals surface area contributed by atoms with Gasteiger partial charge in [-0.1, -0.05) is 6.07 Å². The number of carbonyl (C=O) groups is 1. The number of benzene rings is 2. The van der Waals surface area contributed by atoms with Gasteiger partial charge >= 0.3 is 0 Å². The molecule has 8 nitrogen and oxygen atoms in total. The maximum Gasteiger partial charge on any atom is 0.253 e. The predicted octanol–water partition coefficient (Wildman–Crippen LogP) is 2.58. The van der Waals surface area contributed by atoms with Crippen molar-refractivity contribution in [3.05, 3.63) is 48.2 Å². The molecule has 6 rings (SSSR count). The van der Waals surface area contributed by atoms with Gasteiger partial charge < -0.3 is 24.2 Å². The summed E-state index contributed by atoms with van der Waals surface area (Å²) < 4.78 is 16.9. The lowest BCUT2D eigenvalue weighted by Gasteiger charge is -2.35. The minimum Gasteiger partial charge on any atom is -0.488 e. The highest BCUT2D eigenvalue weighted by Gasteiger charge is 2.44. The Morgan fingerprint density at radius 1 is 1.10 bits per heavy atom. The van der Waals surface area contributed by atoms with Crippen LogP contribution >= 0.6 is 0 Å². The summed E-state index contributed by atoms with van der Waals surface area (Å²) in [7, 11) is 0. The summed E-state index contributed by atoms with van der Waals surface area (Å²) in [5.74, 6) is 2.63. The van der Waals surface area contributed by atoms with Crippen molar-refractivity contribution in [3.8, 4) is 17.2 Å². The molecular formula is C23H23N3O5. The van der Waals surface area contributed by atoms with Crippen LogP contribution < -0.4 is 14.2 Å². The lowest BCUT2D eigenvalue weighted by atomic mass is 9.78. The molecule has 0 bridgehead atoms. The first-order valence-corrected chi connectivity index (χ1v) is 10.6. The van der Waals surface area contributed by atoms with Crippen molar-refractivity contribution in [2.75, 3.05) is 19.9 Å². The Bertz CT molecular complexity index is 1150. The number of nitrogens with one attached hydrogen (secondary N) is 1. The summed E-state index contributed by atoms with van der Waals surface area (Å²) in [5.41, 5.74) is 1.51. The Morgan fingerprint density at radius 3 is 2.84 bits per heavy atom. The molecule has 3 heterocycles. The summed E-state index contributed by atoms with van der Waals surface area (Å²) in [6.45, 7) is 1.56. The third kappa shape index (κ3) is 3.27. The van der Waals surface area contributed by atoms with Gasteiger partial charge in [0.2, 0.25) is 6.79 Å². The molecule has 1 aromatic heterocycles. The van der Waals surface area contributed by atoms with Crippen LogP contribution in [0.3, 0.4) is 0 Å². The first kappa shape index (κ1) is 18.5. The minimum absolute atomic E-state index is 0.0219. The Balaban J connectivity index is 1.14. The fourth-order valence-corrected chi connectivity index (χ4v) is 5.06. The second kappa shape index (κ2) is 7.16. The highest BCUT2D eigenvalue weighted by atomic mass is 16.7. The first-order valence-electron chi connectivity index (χ1n) is 10.6. The normalized spacial score (nSPS) is 26.8. The molecule has 8 heteroatoms. The Labute approximate surface area is 178 Å². The molecule has 31 heavy (non-hydrogen) atoms. The van der Waals surface area contributed by atoms with Crippen LogP contribution in [0.4, 0.5) is 0 Å². The number of likely N-dealkylation sites (tertiary alicyclic amines) is 1. The van der Waals surface area contributed by atoms with E-state index in [9.17, 15) is 9.90 Å². The third-order valence-electron chi connectivity index (χ3n) is 6.69. The van der Waals surface area contributed by atoms with Crippen molar-refractivity contribution >= 4 is 16.8 Å². The maximum absolute atomic E-state index is 13.1. The molecule has 0 unspecified atom stereocenters. The third-order valence-corrected chi connectivity index (χ3v) is 6.69. The highest BCUT2D eigenvalue weighted by Crippen LogP contribution is 2.40. The second-order valence-corrected chi connectivity index (χ2v) is 8.61. The van der Waals surface area contributed by atoms with Crippen LogP contribution in [0.5, 0.6) is 17.2 Å². The number of amides is 1. The molecule has 0 radical (unpaired) electrons. The summed E-state index contributed by atoms with van der Waals surface area (Å²) >= 11 is 0. The van der Waals surface area contributed by atoms with E-state index in [0.29, 0.717) is 54.7 Å². The number of rotatable bonds is 3. The van der Waals surface area contributed by atoms with Gasteiger partial charge in [0.25, 0.3) is 5.91 Å². The summed E-state index contributed by atoms with van der Waals surface area (Å²) in [6.07, 6.45) is 2.21. The van der Waals surface area contributed by atoms with E-state index >= 15 is 0 Å². The molecule has 0 spiro atoms. The van der Waals surface area contributed by atoms with Gasteiger partial charge in [0.15, 0.2) is 11.5 Å². The number of hydrogen-bond acceptors (Lipinski definition) is 6. The van der Waals surface area contributed by atoms with E-state index in [1.54, 1.807) is 12.3 Å². The van der Waals surface area contributed by atoms with E-state index in [1.807, 2.05) is 35.2 Å². The monoisotopic (exact) mass is 421 g/mol. The van der Waals surface area contributed by atoms with E-state index < -0.39 is 6.10 Å². The molecule has 1 amide bonds. The molecule has 160 valence electrons. The number of nitrogens with zero attached hydrogens (tertiary/aromatic N) is 2. The zero-order chi connectivity index (χ0) is 20.9. The van der Waals surface area contributed by atoms with Crippen LogP contribution in [0.2, 0.25) is 0 Å². The lowest BCUT2D eigenvalue weighted by molar-refractivity contribution is -0.0232. The molecule has 4 atom stereocenters. The summed E-state index contributed by atoms with van der Waals surface area (Å²) in [6, 6.07) is 11.1. The Kier molecular flexibility index (Phi) is 4.27. The van der Waals surface area contributed by atoms with E-state index in [2.05, 4.69) is 10.2 Å². The van der Waals surface area contributed by atoms with E-state index in [1.165, 1.54) is 0 Å². The van der Waals surface area contributed by atoms with Gasteiger partial charge in [0, 0.05) is 30.1 Å². The number of hydrogen-bond donors (Lipinski definition) is 2. The van der Waals surface area contributed by atoms with Crippen LogP contribution in [0, 0.1) is 11.8 Å². The number of ether oxygens (including phenoxy) is 3. The molecule has 2 aromatic carbocycles. The molecule has 2 fully saturated rings. The number of aliphatic hydroxyl groups is 1. The highest BCUT2D eigenvalue weighted by molar-refractivity contribution is 5.97. The van der Waals surface area contributed by atoms with Crippen LogP contribution in [0.1, 0.15) is 23.2 Å². The number of aliphatic hydroxyl groups excluding tert-OH is 1. The van der Waals surface area contributed by atoms with Gasteiger partial charge in [0.05, 0.1) is 17.8 Å². The van der Waals surface area contributed by atoms with Gasteiger partial charge in [-0.3, -0.25) is 9.89 Å². The zero-order valence-electron chi connectivity index (χ0n) is 16.9. The number of H-pyrrole nitrogens is 1. The van der Waals surface area contributed by atoms with Crippen molar-refractivity contribution in [2.24, 2.45) is 11.8 Å². The van der Waals surface area contributed by atoms with E-state index in [0.717, 1.165) is 10.9 Å². The van der Waals surface area contributed by atoms with Crippen molar-refractivity contribution in [2.45, 2.75) is 25.0 Å². The average Bonchev–Trinajstić information content (AvgIpc) is 3.51. The van der Waals surface area contributed by atoms with Crippen molar-refractivity contribution in [1.29, 1.82) is 0 Å². The SMILES string of the molecule is O=C(c1ccc2cn[nH]c2c1)N1C[C@H]2C[C@@H](Oc3ccc4c(c3)OCO4)[C@H](O)C[C@H]2C1. The molecule has 1 saturated carbocycles. The first-order chi connectivity index (χ1) is 15.1. The van der Waals surface area contributed by atoms with Crippen LogP contribution in [0.15, 0.2) is 42.6 Å². The van der Waals surface area contributed by atoms with Gasteiger partial charge in [-0.25, -0.2) is 0 Å². The van der Waals surface area contributed by atoms with Gasteiger partial charge in [-0.15, -0.1) is 0 Å². The predicted molar refractivity (Wildman–Crippen MR) is 111 cm³/mol. The fourth-order valence-electron chi connectivity index (χ4n) is 5.06. The number of aromatic amines is 1. The summed E-state index contributed by atoms with van der Waals surface area (Å²) in [4.78, 5) is 15.0. The number of aromatic nitrogens is 2. The Morgan fingerprint density at radius 2 is 1.94 bits per heavy atom. The smallest absolute Gasteiger partial charge is 0.253 e. The van der Waals surface area contributed by atoms with Gasteiger partial charge in [0.1, 0.15) is 11.9 Å². The van der Waals surface area contributed by atoms with Crippen molar-refractivity contribution in [3.63, 3.8) is 0 Å². The fraction of sp³-hybridized carbons (Fsp3) is 0.391. The molecule has 2 N–H and O–H groups in total. The largest absolute Gasteiger partial charge is 0.488 e. The minimum atomic E-state index is -0.567. The standard InChI is InChI=1S/C23H23N3O5/c27-19-6-15-10-26(23(28)13-1-2-14-9-24-25-18(14)5-13)11-16(15)7-21(19)31-17-3-4-20-22(8-17)30-12-29-20/h1-5,8-9,15-16,19,21,27H,6-7,10-12H2,(H,24,25)/t15-,16+,19+,21+/m0/s1. The van der Waals surface area contributed by atoms with Gasteiger partial charge in [-0.05, 0) is 48.9 Å². The summed E-state index contributed by atoms with van der Waals surface area (Å²) in [5, 5.41) is 18.6. The van der Waals surface area contributed by atoms with Crippen molar-refractivity contribution in [1.82, 2.24) is 15.1 Å². The molecule has 1 saturated heterocycles. The maximum atomic E-state index is 13.1. The van der Waals surface area contributed by atoms with Crippen LogP contribution in [0.25, 0.3) is 10.9 Å². The average molecular weight is 421 g/mol. The molecule has 2 aliphatic heterocycles. The van der Waals surface area contributed by atoms with E-state index in [-0.39, 0.29) is 24.7 Å². The number of fused-ring (bicyclic) bond motifs is 3. The zero-order valence-corrected chi connectivity index (χ0v) is 16.9. The Hall–Kier alpha value is -3.26. The number of carbonyl (C=O) groups excluding carboxylic acids is 1. The van der Waals surface area contributed by atoms with Gasteiger partial charge in [-0.2, -0.15) is 5.10 Å². The topological polar surface area (TPSA) is 96.9 Å². The molecular weight excluding hydrogens is 398 g/mol. The van der Waals surface area contributed by atoms with E-state index in [4.69, 9.17) is 14.2 Å². The van der Waals surface area contributed by atoms with Crippen LogP contribution in [-0.2, 0) is 0 Å². The molecule has 3 aliphatic rings. The lowest BCUT2D eigenvalue weighted by Crippen LogP contribution is -2.42. The van der Waals surface area contributed by atoms with Crippen LogP contribution in [-0.4, -0.2) is 58.2 Å². The quantitative estimate of drug-likeness (QED) is 0.675. The molecule has 3 aromatic rings.